The van der Waals surface area contributed by atoms with Crippen molar-refractivity contribution in [2.24, 2.45) is 0 Å². The third-order valence-corrected chi connectivity index (χ3v) is 10.2. The number of aromatic nitrogens is 4. The largest absolute Gasteiger partial charge is 0.455 e. The Kier molecular flexibility index (Phi) is 6.18. The Morgan fingerprint density at radius 1 is 0.404 bits per heavy atom. The third-order valence-electron chi connectivity index (χ3n) is 10.2. The highest BCUT2D eigenvalue weighted by atomic mass is 16.3. The molecular formula is C47H28N4O. The Hall–Kier alpha value is -7.11. The molecule has 0 saturated carbocycles. The van der Waals surface area contributed by atoms with Gasteiger partial charge in [-0.15, -0.1) is 0 Å². The van der Waals surface area contributed by atoms with E-state index < -0.39 is 0 Å². The molecule has 3 aromatic heterocycles. The predicted molar refractivity (Wildman–Crippen MR) is 213 cm³/mol. The summed E-state index contributed by atoms with van der Waals surface area (Å²) < 4.78 is 8.86. The standard InChI is InChI=1S/C47H28N4O/c1-2-12-29(13-3-1)31-17-10-18-34(26-31)45-48-46(38-22-11-21-36-39-27-32-15-4-5-16-33(32)28-42(39)52-44(36)38)50-47(49-45)51-40-23-9-8-20-37(40)43-35-19-7-6-14-30(35)24-25-41(43)51/h1-28H. The Morgan fingerprint density at radius 3 is 1.96 bits per heavy atom. The van der Waals surface area contributed by atoms with Gasteiger partial charge >= 0.3 is 0 Å². The van der Waals surface area contributed by atoms with Gasteiger partial charge in [0.25, 0.3) is 0 Å². The summed E-state index contributed by atoms with van der Waals surface area (Å²) in [4.78, 5) is 15.8. The SMILES string of the molecule is c1ccc(-c2cccc(-c3nc(-c4cccc5c4oc4cc6ccccc6cc45)nc(-n4c5ccccc5c5c6ccccc6ccc54)n3)c2)cc1. The van der Waals surface area contributed by atoms with Crippen molar-refractivity contribution in [3.05, 3.63) is 170 Å². The number of fused-ring (bicyclic) bond motifs is 9. The second-order valence-electron chi connectivity index (χ2n) is 13.2. The van der Waals surface area contributed by atoms with Gasteiger partial charge in [-0.1, -0.05) is 133 Å². The van der Waals surface area contributed by atoms with Crippen molar-refractivity contribution < 1.29 is 4.42 Å². The molecule has 0 unspecified atom stereocenters. The molecule has 3 heterocycles. The minimum atomic E-state index is 0.547. The molecule has 0 N–H and O–H groups in total. The van der Waals surface area contributed by atoms with Crippen molar-refractivity contribution in [3.8, 4) is 39.9 Å². The molecule has 242 valence electrons. The molecule has 0 fully saturated rings. The smallest absolute Gasteiger partial charge is 0.238 e. The highest BCUT2D eigenvalue weighted by Crippen LogP contribution is 2.39. The zero-order valence-corrected chi connectivity index (χ0v) is 27.9. The lowest BCUT2D eigenvalue weighted by Gasteiger charge is -2.12. The number of para-hydroxylation sites is 2. The molecule has 5 nitrogen and oxygen atoms in total. The number of hydrogen-bond donors (Lipinski definition) is 0. The van der Waals surface area contributed by atoms with Crippen LogP contribution in [0, 0.1) is 0 Å². The summed E-state index contributed by atoms with van der Waals surface area (Å²) in [5.41, 5.74) is 7.60. The summed E-state index contributed by atoms with van der Waals surface area (Å²) in [5.74, 6) is 1.68. The van der Waals surface area contributed by atoms with Crippen LogP contribution in [-0.4, -0.2) is 19.5 Å². The third kappa shape index (κ3) is 4.39. The normalized spacial score (nSPS) is 11.8. The highest BCUT2D eigenvalue weighted by molar-refractivity contribution is 6.21. The maximum Gasteiger partial charge on any atom is 0.238 e. The molecule has 52 heavy (non-hydrogen) atoms. The fraction of sp³-hybridized carbons (Fsp3) is 0. The fourth-order valence-corrected chi connectivity index (χ4v) is 7.80. The topological polar surface area (TPSA) is 56.7 Å². The first kappa shape index (κ1) is 28.7. The first-order valence-electron chi connectivity index (χ1n) is 17.4. The van der Waals surface area contributed by atoms with E-state index >= 15 is 0 Å². The van der Waals surface area contributed by atoms with Crippen molar-refractivity contribution in [2.45, 2.75) is 0 Å². The lowest BCUT2D eigenvalue weighted by atomic mass is 10.0. The molecule has 0 bridgehead atoms. The van der Waals surface area contributed by atoms with Crippen LogP contribution in [0.4, 0.5) is 0 Å². The summed E-state index contributed by atoms with van der Waals surface area (Å²) in [6.45, 7) is 0. The molecule has 0 radical (unpaired) electrons. The monoisotopic (exact) mass is 664 g/mol. The highest BCUT2D eigenvalue weighted by Gasteiger charge is 2.21. The number of rotatable bonds is 4. The van der Waals surface area contributed by atoms with Crippen LogP contribution in [-0.2, 0) is 0 Å². The Balaban J connectivity index is 1.21. The molecule has 11 rings (SSSR count). The van der Waals surface area contributed by atoms with Crippen LogP contribution in [0.3, 0.4) is 0 Å². The van der Waals surface area contributed by atoms with Gasteiger partial charge in [-0.3, -0.25) is 4.57 Å². The summed E-state index contributed by atoms with van der Waals surface area (Å²) in [6.07, 6.45) is 0. The van der Waals surface area contributed by atoms with Gasteiger partial charge in [-0.25, -0.2) is 4.98 Å². The Labute approximate surface area is 298 Å². The molecule has 0 spiro atoms. The zero-order chi connectivity index (χ0) is 34.2. The van der Waals surface area contributed by atoms with Gasteiger partial charge in [-0.2, -0.15) is 9.97 Å². The first-order chi connectivity index (χ1) is 25.8. The molecular weight excluding hydrogens is 637 g/mol. The van der Waals surface area contributed by atoms with Gasteiger partial charge in [0.1, 0.15) is 11.2 Å². The molecule has 0 saturated heterocycles. The van der Waals surface area contributed by atoms with Crippen LogP contribution in [0.1, 0.15) is 0 Å². The van der Waals surface area contributed by atoms with E-state index in [0.29, 0.717) is 17.6 Å². The molecule has 0 aliphatic rings. The number of hydrogen-bond acceptors (Lipinski definition) is 4. The van der Waals surface area contributed by atoms with Crippen molar-refractivity contribution in [2.75, 3.05) is 0 Å². The minimum Gasteiger partial charge on any atom is -0.455 e. The van der Waals surface area contributed by atoms with Crippen molar-refractivity contribution in [1.82, 2.24) is 19.5 Å². The fourth-order valence-electron chi connectivity index (χ4n) is 7.80. The minimum absolute atomic E-state index is 0.547. The second kappa shape index (κ2) is 11.2. The van der Waals surface area contributed by atoms with E-state index in [4.69, 9.17) is 19.4 Å². The average Bonchev–Trinajstić information content (AvgIpc) is 3.75. The van der Waals surface area contributed by atoms with Crippen LogP contribution in [0.15, 0.2) is 174 Å². The predicted octanol–water partition coefficient (Wildman–Crippen LogP) is 12.2. The number of furan rings is 1. The van der Waals surface area contributed by atoms with Crippen LogP contribution < -0.4 is 0 Å². The summed E-state index contributed by atoms with van der Waals surface area (Å²) in [5, 5.41) is 9.11. The Morgan fingerprint density at radius 2 is 1.08 bits per heavy atom. The average molecular weight is 665 g/mol. The van der Waals surface area contributed by atoms with E-state index in [9.17, 15) is 0 Å². The second-order valence-corrected chi connectivity index (χ2v) is 13.2. The molecule has 11 aromatic rings. The maximum absolute atomic E-state index is 6.68. The lowest BCUT2D eigenvalue weighted by Crippen LogP contribution is -2.06. The van der Waals surface area contributed by atoms with Gasteiger partial charge in [-0.05, 0) is 69.1 Å². The summed E-state index contributed by atoms with van der Waals surface area (Å²) in [7, 11) is 0. The maximum atomic E-state index is 6.68. The van der Waals surface area contributed by atoms with Crippen LogP contribution >= 0.6 is 0 Å². The van der Waals surface area contributed by atoms with Gasteiger partial charge < -0.3 is 4.42 Å². The molecule has 0 amide bonds. The quantitative estimate of drug-likeness (QED) is 0.188. The van der Waals surface area contributed by atoms with Gasteiger partial charge in [0, 0.05) is 27.1 Å². The van der Waals surface area contributed by atoms with E-state index in [1.165, 1.54) is 21.5 Å². The molecule has 8 aromatic carbocycles. The van der Waals surface area contributed by atoms with Crippen molar-refractivity contribution in [3.63, 3.8) is 0 Å². The molecule has 0 aliphatic heterocycles. The van der Waals surface area contributed by atoms with Gasteiger partial charge in [0.05, 0.1) is 16.6 Å². The molecule has 0 atom stereocenters. The summed E-state index contributed by atoms with van der Waals surface area (Å²) >= 11 is 0. The van der Waals surface area contributed by atoms with Gasteiger partial charge in [0.15, 0.2) is 11.6 Å². The molecule has 0 aliphatic carbocycles. The van der Waals surface area contributed by atoms with Crippen LogP contribution in [0.5, 0.6) is 0 Å². The number of nitrogens with zero attached hydrogens (tertiary/aromatic N) is 4. The zero-order valence-electron chi connectivity index (χ0n) is 27.9. The van der Waals surface area contributed by atoms with Crippen LogP contribution in [0.25, 0.3) is 105 Å². The lowest BCUT2D eigenvalue weighted by molar-refractivity contribution is 0.670. The van der Waals surface area contributed by atoms with E-state index in [1.807, 2.05) is 12.1 Å². The van der Waals surface area contributed by atoms with E-state index in [1.54, 1.807) is 0 Å². The van der Waals surface area contributed by atoms with Crippen molar-refractivity contribution in [1.29, 1.82) is 0 Å². The van der Waals surface area contributed by atoms with Crippen LogP contribution in [0.2, 0.25) is 0 Å². The number of benzene rings is 8. The summed E-state index contributed by atoms with van der Waals surface area (Å²) in [6, 6.07) is 59.2. The van der Waals surface area contributed by atoms with Crippen molar-refractivity contribution >= 4 is 65.3 Å². The molecule has 5 heteroatoms. The van der Waals surface area contributed by atoms with E-state index in [-0.39, 0.29) is 0 Å². The Bertz CT molecular complexity index is 3190. The first-order valence-corrected chi connectivity index (χ1v) is 17.4. The van der Waals surface area contributed by atoms with E-state index in [2.05, 4.69) is 162 Å². The van der Waals surface area contributed by atoms with Gasteiger partial charge in [0.2, 0.25) is 5.95 Å². The van der Waals surface area contributed by atoms with E-state index in [0.717, 1.165) is 66.0 Å².